The molecule has 1 amide bonds. The second-order valence-electron chi connectivity index (χ2n) is 5.67. The number of carbonyl (C=O) groups excluding carboxylic acids is 1. The van der Waals surface area contributed by atoms with E-state index in [9.17, 15) is 4.79 Å². The fourth-order valence-electron chi connectivity index (χ4n) is 3.02. The van der Waals surface area contributed by atoms with Gasteiger partial charge in [-0.15, -0.1) is 0 Å². The summed E-state index contributed by atoms with van der Waals surface area (Å²) in [5, 5.41) is 3.12. The number of hydrogen-bond acceptors (Lipinski definition) is 4. The van der Waals surface area contributed by atoms with E-state index in [1.807, 2.05) is 4.90 Å². The highest BCUT2D eigenvalue weighted by Crippen LogP contribution is 2.19. The predicted molar refractivity (Wildman–Crippen MR) is 75.1 cm³/mol. The first kappa shape index (κ1) is 14.8. The van der Waals surface area contributed by atoms with Crippen molar-refractivity contribution in [2.24, 2.45) is 5.92 Å². The van der Waals surface area contributed by atoms with Gasteiger partial charge < -0.3 is 19.9 Å². The maximum atomic E-state index is 12.0. The summed E-state index contributed by atoms with van der Waals surface area (Å²) in [7, 11) is 1.67. The lowest BCUT2D eigenvalue weighted by Crippen LogP contribution is -2.38. The summed E-state index contributed by atoms with van der Waals surface area (Å²) in [5.41, 5.74) is 0. The zero-order valence-corrected chi connectivity index (χ0v) is 12.1. The van der Waals surface area contributed by atoms with Crippen LogP contribution in [-0.4, -0.2) is 75.2 Å². The van der Waals surface area contributed by atoms with Crippen molar-refractivity contribution < 1.29 is 9.53 Å². The summed E-state index contributed by atoms with van der Waals surface area (Å²) < 4.78 is 4.95. The quantitative estimate of drug-likeness (QED) is 0.669. The van der Waals surface area contributed by atoms with E-state index in [1.165, 1.54) is 38.9 Å². The van der Waals surface area contributed by atoms with Crippen LogP contribution in [-0.2, 0) is 9.53 Å². The molecule has 5 nitrogen and oxygen atoms in total. The molecule has 110 valence electrons. The van der Waals surface area contributed by atoms with Crippen LogP contribution >= 0.6 is 0 Å². The molecule has 2 aliphatic heterocycles. The molecule has 1 unspecified atom stereocenters. The molecule has 2 aliphatic rings. The molecule has 1 atom stereocenters. The van der Waals surface area contributed by atoms with E-state index in [0.29, 0.717) is 19.1 Å². The van der Waals surface area contributed by atoms with E-state index in [1.54, 1.807) is 7.11 Å². The molecule has 0 radical (unpaired) electrons. The van der Waals surface area contributed by atoms with Crippen molar-refractivity contribution in [2.75, 3.05) is 59.5 Å². The van der Waals surface area contributed by atoms with Crippen molar-refractivity contribution in [3.63, 3.8) is 0 Å². The van der Waals surface area contributed by atoms with Gasteiger partial charge in [0.15, 0.2) is 0 Å². The van der Waals surface area contributed by atoms with Crippen LogP contribution in [0.15, 0.2) is 0 Å². The van der Waals surface area contributed by atoms with Crippen LogP contribution in [0.4, 0.5) is 0 Å². The molecule has 0 saturated carbocycles. The van der Waals surface area contributed by atoms with Gasteiger partial charge in [0.25, 0.3) is 0 Å². The van der Waals surface area contributed by atoms with Crippen molar-refractivity contribution in [3.8, 4) is 0 Å². The highest BCUT2D eigenvalue weighted by molar-refractivity contribution is 5.78. The maximum absolute atomic E-state index is 12.0. The number of nitrogens with zero attached hydrogens (tertiary/aromatic N) is 2. The number of carbonyl (C=O) groups is 1. The molecule has 2 heterocycles. The molecule has 2 saturated heterocycles. The van der Waals surface area contributed by atoms with Gasteiger partial charge in [0, 0.05) is 33.3 Å². The van der Waals surface area contributed by atoms with Crippen molar-refractivity contribution in [1.82, 2.24) is 15.1 Å². The van der Waals surface area contributed by atoms with Crippen molar-refractivity contribution in [1.29, 1.82) is 0 Å². The Hall–Kier alpha value is -0.650. The second-order valence-corrected chi connectivity index (χ2v) is 5.67. The van der Waals surface area contributed by atoms with Crippen LogP contribution in [0.1, 0.15) is 19.3 Å². The monoisotopic (exact) mass is 269 g/mol. The average molecular weight is 269 g/mol. The van der Waals surface area contributed by atoms with Crippen LogP contribution in [0, 0.1) is 5.92 Å². The van der Waals surface area contributed by atoms with Crippen LogP contribution in [0.25, 0.3) is 0 Å². The Morgan fingerprint density at radius 3 is 2.84 bits per heavy atom. The van der Waals surface area contributed by atoms with Gasteiger partial charge in [0.2, 0.25) is 5.91 Å². The Morgan fingerprint density at radius 1 is 1.32 bits per heavy atom. The van der Waals surface area contributed by atoms with Gasteiger partial charge in [0.1, 0.15) is 0 Å². The fourth-order valence-corrected chi connectivity index (χ4v) is 3.02. The van der Waals surface area contributed by atoms with Gasteiger partial charge in [-0.05, 0) is 38.3 Å². The molecule has 0 bridgehead atoms. The number of ether oxygens (including phenoxy) is 1. The fraction of sp³-hybridized carbons (Fsp3) is 0.929. The standard InChI is InChI=1S/C14H27N3O2/c1-19-9-5-15-10-14(18)17-8-4-13(12-17)11-16-6-2-3-7-16/h13,15H,2-12H2,1H3. The number of likely N-dealkylation sites (tertiary alicyclic amines) is 2. The molecular formula is C14H27N3O2. The summed E-state index contributed by atoms with van der Waals surface area (Å²) in [5.74, 6) is 0.918. The third-order valence-electron chi connectivity index (χ3n) is 4.11. The normalized spacial score (nSPS) is 24.3. The third kappa shape index (κ3) is 4.75. The first-order valence-corrected chi connectivity index (χ1v) is 7.49. The minimum absolute atomic E-state index is 0.236. The number of methoxy groups -OCH3 is 1. The third-order valence-corrected chi connectivity index (χ3v) is 4.11. The van der Waals surface area contributed by atoms with Gasteiger partial charge in [0.05, 0.1) is 13.2 Å². The largest absolute Gasteiger partial charge is 0.383 e. The zero-order chi connectivity index (χ0) is 13.5. The predicted octanol–water partition coefficient (Wildman–Crippen LogP) is 0.167. The molecule has 0 aromatic heterocycles. The number of rotatable bonds is 7. The molecule has 0 spiro atoms. The smallest absolute Gasteiger partial charge is 0.236 e. The van der Waals surface area contributed by atoms with Crippen LogP contribution < -0.4 is 5.32 Å². The average Bonchev–Trinajstić information content (AvgIpc) is 3.06. The SMILES string of the molecule is COCCNCC(=O)N1CCC(CN2CCCC2)C1. The lowest BCUT2D eigenvalue weighted by molar-refractivity contribution is -0.129. The molecule has 5 heteroatoms. The van der Waals surface area contributed by atoms with Crippen LogP contribution in [0.5, 0.6) is 0 Å². The molecule has 0 aromatic carbocycles. The van der Waals surface area contributed by atoms with Crippen LogP contribution in [0.2, 0.25) is 0 Å². The van der Waals surface area contributed by atoms with Gasteiger partial charge in [-0.25, -0.2) is 0 Å². The summed E-state index contributed by atoms with van der Waals surface area (Å²) in [6, 6.07) is 0. The molecule has 2 rings (SSSR count). The summed E-state index contributed by atoms with van der Waals surface area (Å²) in [6.45, 7) is 7.41. The Morgan fingerprint density at radius 2 is 2.11 bits per heavy atom. The molecule has 2 fully saturated rings. The summed E-state index contributed by atoms with van der Waals surface area (Å²) in [6.07, 6.45) is 3.86. The number of hydrogen-bond donors (Lipinski definition) is 1. The minimum atomic E-state index is 0.236. The lowest BCUT2D eigenvalue weighted by Gasteiger charge is -2.20. The highest BCUT2D eigenvalue weighted by Gasteiger charge is 2.27. The molecule has 19 heavy (non-hydrogen) atoms. The van der Waals surface area contributed by atoms with Crippen molar-refractivity contribution >= 4 is 5.91 Å². The molecule has 0 aliphatic carbocycles. The Bertz CT molecular complexity index is 280. The second kappa shape index (κ2) is 7.82. The lowest BCUT2D eigenvalue weighted by atomic mass is 10.1. The topological polar surface area (TPSA) is 44.8 Å². The number of amides is 1. The van der Waals surface area contributed by atoms with Gasteiger partial charge in [-0.1, -0.05) is 0 Å². The molecule has 0 aromatic rings. The maximum Gasteiger partial charge on any atom is 0.236 e. The van der Waals surface area contributed by atoms with E-state index in [0.717, 1.165) is 19.6 Å². The Balaban J connectivity index is 1.61. The van der Waals surface area contributed by atoms with Gasteiger partial charge in [-0.3, -0.25) is 4.79 Å². The van der Waals surface area contributed by atoms with E-state index in [2.05, 4.69) is 10.2 Å². The van der Waals surface area contributed by atoms with Crippen LogP contribution in [0.3, 0.4) is 0 Å². The number of nitrogens with one attached hydrogen (secondary N) is 1. The highest BCUT2D eigenvalue weighted by atomic mass is 16.5. The first-order chi connectivity index (χ1) is 9.29. The molecule has 1 N–H and O–H groups in total. The van der Waals surface area contributed by atoms with E-state index in [4.69, 9.17) is 4.74 Å². The van der Waals surface area contributed by atoms with Gasteiger partial charge >= 0.3 is 0 Å². The Labute approximate surface area is 116 Å². The van der Waals surface area contributed by atoms with E-state index >= 15 is 0 Å². The van der Waals surface area contributed by atoms with Crippen molar-refractivity contribution in [3.05, 3.63) is 0 Å². The Kier molecular flexibility index (Phi) is 6.07. The zero-order valence-electron chi connectivity index (χ0n) is 12.1. The minimum Gasteiger partial charge on any atom is -0.383 e. The van der Waals surface area contributed by atoms with Gasteiger partial charge in [-0.2, -0.15) is 0 Å². The summed E-state index contributed by atoms with van der Waals surface area (Å²) in [4.78, 5) is 16.6. The van der Waals surface area contributed by atoms with E-state index in [-0.39, 0.29) is 5.91 Å². The van der Waals surface area contributed by atoms with Crippen molar-refractivity contribution in [2.45, 2.75) is 19.3 Å². The summed E-state index contributed by atoms with van der Waals surface area (Å²) >= 11 is 0. The molecular weight excluding hydrogens is 242 g/mol. The van der Waals surface area contributed by atoms with E-state index < -0.39 is 0 Å². The first-order valence-electron chi connectivity index (χ1n) is 7.49.